The number of alkyl halides is 4. The number of hydrogen-bond acceptors (Lipinski definition) is 2. The van der Waals surface area contributed by atoms with Gasteiger partial charge in [0.25, 0.3) is 0 Å². The highest BCUT2D eigenvalue weighted by Gasteiger charge is 2.34. The van der Waals surface area contributed by atoms with Gasteiger partial charge in [-0.15, -0.1) is 0 Å². The summed E-state index contributed by atoms with van der Waals surface area (Å²) in [5.74, 6) is -1.36. The van der Waals surface area contributed by atoms with Gasteiger partial charge in [0.15, 0.2) is 0 Å². The molecule has 2 nitrogen and oxygen atoms in total. The molecule has 1 aliphatic heterocycles. The summed E-state index contributed by atoms with van der Waals surface area (Å²) >= 11 is 0. The molecule has 0 aromatic heterocycles. The molecule has 0 saturated carbocycles. The Hall–Kier alpha value is -1.21. The molecule has 2 rings (SSSR count). The molecule has 0 radical (unpaired) electrons. The van der Waals surface area contributed by atoms with Gasteiger partial charge in [-0.05, 0) is 17.7 Å². The summed E-state index contributed by atoms with van der Waals surface area (Å²) in [6.45, 7) is 1.76. The Morgan fingerprint density at radius 3 is 2.35 bits per heavy atom. The average Bonchev–Trinajstić information content (AvgIpc) is 2.39. The van der Waals surface area contributed by atoms with Crippen LogP contribution in [0, 0.1) is 5.82 Å². The second-order valence-corrected chi connectivity index (χ2v) is 4.69. The van der Waals surface area contributed by atoms with Gasteiger partial charge in [0, 0.05) is 26.2 Å². The van der Waals surface area contributed by atoms with Crippen molar-refractivity contribution in [3.05, 3.63) is 35.1 Å². The van der Waals surface area contributed by atoms with E-state index >= 15 is 0 Å². The summed E-state index contributed by atoms with van der Waals surface area (Å²) in [4.78, 5) is 1.80. The van der Waals surface area contributed by atoms with Gasteiger partial charge in [0.1, 0.15) is 12.5 Å². The van der Waals surface area contributed by atoms with E-state index in [1.54, 1.807) is 4.90 Å². The van der Waals surface area contributed by atoms with E-state index in [0.29, 0.717) is 32.2 Å². The summed E-state index contributed by atoms with van der Waals surface area (Å²) in [5, 5.41) is 3.10. The van der Waals surface area contributed by atoms with Gasteiger partial charge in [0.05, 0.1) is 11.6 Å². The second-order valence-electron chi connectivity index (χ2n) is 4.69. The molecule has 1 aromatic carbocycles. The van der Waals surface area contributed by atoms with Crippen LogP contribution in [0.1, 0.15) is 17.2 Å². The summed E-state index contributed by atoms with van der Waals surface area (Å²) in [6, 6.07) is 1.91. The number of benzene rings is 1. The zero-order chi connectivity index (χ0) is 14.8. The maximum Gasteiger partial charge on any atom is 0.419 e. The van der Waals surface area contributed by atoms with Crippen molar-refractivity contribution in [2.24, 2.45) is 0 Å². The molecule has 1 saturated heterocycles. The van der Waals surface area contributed by atoms with Crippen LogP contribution in [0.15, 0.2) is 18.2 Å². The Kier molecular flexibility index (Phi) is 4.59. The topological polar surface area (TPSA) is 15.3 Å². The molecule has 1 aliphatic rings. The highest BCUT2D eigenvalue weighted by Crippen LogP contribution is 2.33. The Balaban J connectivity index is 2.24. The van der Waals surface area contributed by atoms with Gasteiger partial charge in [-0.25, -0.2) is 8.78 Å². The van der Waals surface area contributed by atoms with E-state index in [-0.39, 0.29) is 5.56 Å². The Labute approximate surface area is 113 Å². The minimum atomic E-state index is -4.73. The third kappa shape index (κ3) is 3.27. The normalized spacial score (nSPS) is 19.1. The lowest BCUT2D eigenvalue weighted by Gasteiger charge is -2.33. The predicted octanol–water partition coefficient (Wildman–Crippen LogP) is 2.76. The number of piperazine rings is 1. The smallest absolute Gasteiger partial charge is 0.314 e. The maximum absolute atomic E-state index is 13.5. The van der Waals surface area contributed by atoms with Crippen molar-refractivity contribution in [3.63, 3.8) is 0 Å². The van der Waals surface area contributed by atoms with Crippen LogP contribution in [0.4, 0.5) is 22.0 Å². The fraction of sp³-hybridized carbons (Fsp3) is 0.538. The lowest BCUT2D eigenvalue weighted by atomic mass is 10.0. The van der Waals surface area contributed by atoms with Crippen molar-refractivity contribution in [2.75, 3.05) is 32.9 Å². The zero-order valence-corrected chi connectivity index (χ0v) is 10.7. The van der Waals surface area contributed by atoms with Crippen molar-refractivity contribution < 1.29 is 22.0 Å². The average molecular weight is 294 g/mol. The van der Waals surface area contributed by atoms with E-state index in [9.17, 15) is 22.0 Å². The zero-order valence-electron chi connectivity index (χ0n) is 10.7. The van der Waals surface area contributed by atoms with Crippen LogP contribution in [0.5, 0.6) is 0 Å². The molecule has 1 aromatic rings. The minimum Gasteiger partial charge on any atom is -0.314 e. The first kappa shape index (κ1) is 15.2. The van der Waals surface area contributed by atoms with Crippen molar-refractivity contribution >= 4 is 0 Å². The van der Waals surface area contributed by atoms with Gasteiger partial charge >= 0.3 is 6.18 Å². The molecule has 0 bridgehead atoms. The molecule has 1 heterocycles. The molecule has 1 atom stereocenters. The molecule has 1 N–H and O–H groups in total. The molecular formula is C13H15F5N2. The van der Waals surface area contributed by atoms with E-state index in [4.69, 9.17) is 0 Å². The van der Waals surface area contributed by atoms with Crippen LogP contribution < -0.4 is 5.32 Å². The van der Waals surface area contributed by atoms with Crippen LogP contribution in [-0.2, 0) is 6.18 Å². The fourth-order valence-electron chi connectivity index (χ4n) is 2.36. The standard InChI is InChI=1S/C13H15F5N2/c14-8-12(20-5-3-19-4-6-20)9-1-2-10(11(15)7-9)13(16,17)18/h1-2,7,12,19H,3-6,8H2/t12-/m1/s1. The Morgan fingerprint density at radius 2 is 1.85 bits per heavy atom. The van der Waals surface area contributed by atoms with Gasteiger partial charge in [0.2, 0.25) is 0 Å². The van der Waals surface area contributed by atoms with Crippen LogP contribution in [0.25, 0.3) is 0 Å². The van der Waals surface area contributed by atoms with Crippen LogP contribution in [0.2, 0.25) is 0 Å². The minimum absolute atomic E-state index is 0.236. The first-order chi connectivity index (χ1) is 9.43. The highest BCUT2D eigenvalue weighted by molar-refractivity contribution is 5.28. The number of hydrogen-bond donors (Lipinski definition) is 1. The summed E-state index contributed by atoms with van der Waals surface area (Å²) in [5.41, 5.74) is -1.08. The highest BCUT2D eigenvalue weighted by atomic mass is 19.4. The summed E-state index contributed by atoms with van der Waals surface area (Å²) < 4.78 is 64.2. The molecule has 0 aliphatic carbocycles. The van der Waals surface area contributed by atoms with Crippen molar-refractivity contribution in [1.82, 2.24) is 10.2 Å². The SMILES string of the molecule is FC[C@H](c1ccc(C(F)(F)F)c(F)c1)N1CCNCC1. The first-order valence-corrected chi connectivity index (χ1v) is 6.31. The molecule has 7 heteroatoms. The lowest BCUT2D eigenvalue weighted by molar-refractivity contribution is -0.140. The molecule has 0 spiro atoms. The number of nitrogens with zero attached hydrogens (tertiary/aromatic N) is 1. The van der Waals surface area contributed by atoms with Gasteiger partial charge in [-0.1, -0.05) is 6.07 Å². The van der Waals surface area contributed by atoms with Crippen molar-refractivity contribution in [3.8, 4) is 0 Å². The van der Waals surface area contributed by atoms with Crippen LogP contribution in [-0.4, -0.2) is 37.8 Å². The predicted molar refractivity (Wildman–Crippen MR) is 64.6 cm³/mol. The van der Waals surface area contributed by atoms with Crippen molar-refractivity contribution in [1.29, 1.82) is 0 Å². The largest absolute Gasteiger partial charge is 0.419 e. The van der Waals surface area contributed by atoms with E-state index in [1.165, 1.54) is 0 Å². The molecule has 1 fully saturated rings. The van der Waals surface area contributed by atoms with Gasteiger partial charge in [-0.3, -0.25) is 4.90 Å². The summed E-state index contributed by atoms with van der Waals surface area (Å²) in [6.07, 6.45) is -4.73. The molecular weight excluding hydrogens is 279 g/mol. The first-order valence-electron chi connectivity index (χ1n) is 6.31. The van der Waals surface area contributed by atoms with Gasteiger partial charge in [-0.2, -0.15) is 13.2 Å². The van der Waals surface area contributed by atoms with Crippen molar-refractivity contribution in [2.45, 2.75) is 12.2 Å². The molecule has 112 valence electrons. The number of rotatable bonds is 3. The molecule has 0 unspecified atom stereocenters. The Morgan fingerprint density at radius 1 is 1.20 bits per heavy atom. The Bertz CT molecular complexity index is 455. The summed E-state index contributed by atoms with van der Waals surface area (Å²) in [7, 11) is 0. The molecule has 0 amide bonds. The van der Waals surface area contributed by atoms with E-state index in [1.807, 2.05) is 0 Å². The third-order valence-corrected chi connectivity index (χ3v) is 3.42. The third-order valence-electron chi connectivity index (χ3n) is 3.42. The second kappa shape index (κ2) is 6.05. The van der Waals surface area contributed by atoms with E-state index < -0.39 is 30.3 Å². The van der Waals surface area contributed by atoms with Crippen LogP contribution in [0.3, 0.4) is 0 Å². The maximum atomic E-state index is 13.5. The fourth-order valence-corrected chi connectivity index (χ4v) is 2.36. The molecule has 20 heavy (non-hydrogen) atoms. The van der Waals surface area contributed by atoms with Gasteiger partial charge < -0.3 is 5.32 Å². The quantitative estimate of drug-likeness (QED) is 0.862. The lowest BCUT2D eigenvalue weighted by Crippen LogP contribution is -2.45. The van der Waals surface area contributed by atoms with Crippen LogP contribution >= 0.6 is 0 Å². The number of nitrogens with one attached hydrogen (secondary N) is 1. The van der Waals surface area contributed by atoms with E-state index in [0.717, 1.165) is 12.1 Å². The van der Waals surface area contributed by atoms with E-state index in [2.05, 4.69) is 5.32 Å². The monoisotopic (exact) mass is 294 g/mol. The number of halogens is 5.